The molecule has 1 saturated heterocycles. The number of hydrogen-bond donors (Lipinski definition) is 1. The van der Waals surface area contributed by atoms with Gasteiger partial charge in [0.2, 0.25) is 10.0 Å². The zero-order valence-electron chi connectivity index (χ0n) is 11.5. The minimum atomic E-state index is -3.27. The minimum absolute atomic E-state index is 0.140. The van der Waals surface area contributed by atoms with E-state index in [0.717, 1.165) is 12.3 Å². The van der Waals surface area contributed by atoms with Crippen LogP contribution in [0.4, 0.5) is 15.8 Å². The number of piperidine rings is 1. The molecule has 1 heterocycles. The summed E-state index contributed by atoms with van der Waals surface area (Å²) < 4.78 is 38.2. The van der Waals surface area contributed by atoms with Crippen molar-refractivity contribution < 1.29 is 17.7 Å². The number of nitrogens with one attached hydrogen (secondary N) is 1. The zero-order chi connectivity index (χ0) is 15.6. The van der Waals surface area contributed by atoms with Crippen molar-refractivity contribution in [2.75, 3.05) is 24.7 Å². The van der Waals surface area contributed by atoms with E-state index in [0.29, 0.717) is 19.4 Å². The fraction of sp³-hybridized carbons (Fsp3) is 0.500. The smallest absolute Gasteiger partial charge is 0.272 e. The first-order chi connectivity index (χ1) is 9.77. The Kier molecular flexibility index (Phi) is 4.43. The minimum Gasteiger partial charge on any atom is -0.379 e. The van der Waals surface area contributed by atoms with Gasteiger partial charge in [-0.15, -0.1) is 0 Å². The van der Waals surface area contributed by atoms with Crippen molar-refractivity contribution >= 4 is 21.4 Å². The van der Waals surface area contributed by atoms with Crippen molar-refractivity contribution in [3.05, 3.63) is 34.1 Å². The molecule has 0 amide bonds. The van der Waals surface area contributed by atoms with Gasteiger partial charge in [0.25, 0.3) is 5.69 Å². The van der Waals surface area contributed by atoms with Gasteiger partial charge in [-0.25, -0.2) is 17.1 Å². The van der Waals surface area contributed by atoms with E-state index in [1.165, 1.54) is 16.4 Å². The van der Waals surface area contributed by atoms with E-state index in [1.807, 2.05) is 0 Å². The van der Waals surface area contributed by atoms with Gasteiger partial charge in [-0.2, -0.15) is 0 Å². The molecule has 1 fully saturated rings. The van der Waals surface area contributed by atoms with Gasteiger partial charge in [-0.05, 0) is 18.9 Å². The van der Waals surface area contributed by atoms with E-state index in [4.69, 9.17) is 0 Å². The lowest BCUT2D eigenvalue weighted by molar-refractivity contribution is -0.385. The molecule has 0 bridgehead atoms. The van der Waals surface area contributed by atoms with Gasteiger partial charge < -0.3 is 5.32 Å². The first-order valence-corrected chi connectivity index (χ1v) is 8.28. The Hall–Kier alpha value is -1.74. The number of non-ortho nitro benzene ring substituents is 1. The van der Waals surface area contributed by atoms with Crippen LogP contribution >= 0.6 is 0 Å². The predicted octanol–water partition coefficient (Wildman–Crippen LogP) is 1.57. The molecule has 0 unspecified atom stereocenters. The van der Waals surface area contributed by atoms with Crippen LogP contribution in [-0.4, -0.2) is 43.0 Å². The lowest BCUT2D eigenvalue weighted by Gasteiger charge is -2.32. The Morgan fingerprint density at radius 3 is 2.76 bits per heavy atom. The van der Waals surface area contributed by atoms with Crippen LogP contribution in [0.1, 0.15) is 12.8 Å². The van der Waals surface area contributed by atoms with E-state index in [9.17, 15) is 22.9 Å². The van der Waals surface area contributed by atoms with E-state index in [-0.39, 0.29) is 24.0 Å². The zero-order valence-corrected chi connectivity index (χ0v) is 12.3. The second kappa shape index (κ2) is 5.94. The Labute approximate surface area is 122 Å². The lowest BCUT2D eigenvalue weighted by atomic mass is 10.1. The van der Waals surface area contributed by atoms with Crippen molar-refractivity contribution in [1.29, 1.82) is 0 Å². The predicted molar refractivity (Wildman–Crippen MR) is 76.1 cm³/mol. The Morgan fingerprint density at radius 1 is 1.48 bits per heavy atom. The van der Waals surface area contributed by atoms with E-state index in [2.05, 4.69) is 5.32 Å². The van der Waals surface area contributed by atoms with Crippen LogP contribution in [0.5, 0.6) is 0 Å². The second-order valence-corrected chi connectivity index (χ2v) is 7.01. The number of nitro benzene ring substituents is 1. The molecule has 0 saturated carbocycles. The standard InChI is InChI=1S/C12H16FN3O4S/c1-21(19,20)15-6-2-3-9(8-15)14-12-5-4-10(16(17)18)7-11(12)13/h4-5,7,9,14H,2-3,6,8H2,1H3/t9-/m1/s1. The molecular formula is C12H16FN3O4S. The molecular weight excluding hydrogens is 301 g/mol. The summed E-state index contributed by atoms with van der Waals surface area (Å²) in [5, 5.41) is 13.5. The molecule has 21 heavy (non-hydrogen) atoms. The van der Waals surface area contributed by atoms with Crippen LogP contribution in [0.2, 0.25) is 0 Å². The van der Waals surface area contributed by atoms with Crippen molar-refractivity contribution in [3.8, 4) is 0 Å². The second-order valence-electron chi connectivity index (χ2n) is 5.03. The number of hydrogen-bond acceptors (Lipinski definition) is 5. The maximum atomic E-state index is 13.8. The van der Waals surface area contributed by atoms with Gasteiger partial charge in [0.15, 0.2) is 5.82 Å². The highest BCUT2D eigenvalue weighted by molar-refractivity contribution is 7.88. The summed E-state index contributed by atoms with van der Waals surface area (Å²) in [7, 11) is -3.27. The normalized spacial score (nSPS) is 20.2. The van der Waals surface area contributed by atoms with Crippen LogP contribution in [0.3, 0.4) is 0 Å². The summed E-state index contributed by atoms with van der Waals surface area (Å²) in [6.45, 7) is 0.717. The number of rotatable bonds is 4. The third-order valence-corrected chi connectivity index (χ3v) is 4.65. The Bertz CT molecular complexity index is 650. The van der Waals surface area contributed by atoms with Gasteiger partial charge in [0.05, 0.1) is 22.9 Å². The molecule has 2 rings (SSSR count). The first-order valence-electron chi connectivity index (χ1n) is 6.43. The summed E-state index contributed by atoms with van der Waals surface area (Å²) >= 11 is 0. The molecule has 7 nitrogen and oxygen atoms in total. The van der Waals surface area contributed by atoms with Gasteiger partial charge in [0.1, 0.15) is 0 Å². The van der Waals surface area contributed by atoms with Crippen LogP contribution in [-0.2, 0) is 10.0 Å². The van der Waals surface area contributed by atoms with Gasteiger partial charge >= 0.3 is 0 Å². The number of anilines is 1. The third kappa shape index (κ3) is 3.88. The summed E-state index contributed by atoms with van der Waals surface area (Å²) in [5.41, 5.74) is -0.180. The summed E-state index contributed by atoms with van der Waals surface area (Å²) in [4.78, 5) is 9.89. The molecule has 1 N–H and O–H groups in total. The fourth-order valence-electron chi connectivity index (χ4n) is 2.32. The number of sulfonamides is 1. The van der Waals surface area contributed by atoms with Crippen molar-refractivity contribution in [2.24, 2.45) is 0 Å². The molecule has 1 aliphatic heterocycles. The molecule has 1 aromatic rings. The van der Waals surface area contributed by atoms with E-state index < -0.39 is 20.8 Å². The topological polar surface area (TPSA) is 92.6 Å². The molecule has 0 spiro atoms. The molecule has 0 aliphatic carbocycles. The summed E-state index contributed by atoms with van der Waals surface area (Å²) in [5.74, 6) is -0.722. The lowest BCUT2D eigenvalue weighted by Crippen LogP contribution is -2.44. The summed E-state index contributed by atoms with van der Waals surface area (Å²) in [6.07, 6.45) is 2.53. The van der Waals surface area contributed by atoms with Crippen LogP contribution in [0.25, 0.3) is 0 Å². The number of nitrogens with zero attached hydrogens (tertiary/aromatic N) is 2. The van der Waals surface area contributed by atoms with Crippen molar-refractivity contribution in [3.63, 3.8) is 0 Å². The quantitative estimate of drug-likeness (QED) is 0.672. The Morgan fingerprint density at radius 2 is 2.19 bits per heavy atom. The van der Waals surface area contributed by atoms with Gasteiger partial charge in [0, 0.05) is 25.2 Å². The molecule has 1 aromatic carbocycles. The highest BCUT2D eigenvalue weighted by Crippen LogP contribution is 2.23. The molecule has 1 atom stereocenters. The van der Waals surface area contributed by atoms with Crippen LogP contribution < -0.4 is 5.32 Å². The molecule has 0 radical (unpaired) electrons. The average Bonchev–Trinajstić information content (AvgIpc) is 2.40. The highest BCUT2D eigenvalue weighted by Gasteiger charge is 2.26. The number of benzene rings is 1. The largest absolute Gasteiger partial charge is 0.379 e. The monoisotopic (exact) mass is 317 g/mol. The number of nitro groups is 1. The van der Waals surface area contributed by atoms with Crippen LogP contribution in [0, 0.1) is 15.9 Å². The average molecular weight is 317 g/mol. The van der Waals surface area contributed by atoms with Gasteiger partial charge in [-0.1, -0.05) is 0 Å². The van der Waals surface area contributed by atoms with Crippen LogP contribution in [0.15, 0.2) is 18.2 Å². The third-order valence-electron chi connectivity index (χ3n) is 3.38. The van der Waals surface area contributed by atoms with Crippen molar-refractivity contribution in [2.45, 2.75) is 18.9 Å². The van der Waals surface area contributed by atoms with Crippen molar-refractivity contribution in [1.82, 2.24) is 4.31 Å². The first kappa shape index (κ1) is 15.6. The molecule has 1 aliphatic rings. The van der Waals surface area contributed by atoms with E-state index in [1.54, 1.807) is 0 Å². The maximum Gasteiger partial charge on any atom is 0.272 e. The number of halogens is 1. The fourth-order valence-corrected chi connectivity index (χ4v) is 3.23. The molecule has 116 valence electrons. The Balaban J connectivity index is 2.09. The molecule has 9 heteroatoms. The molecule has 0 aromatic heterocycles. The van der Waals surface area contributed by atoms with Gasteiger partial charge in [-0.3, -0.25) is 10.1 Å². The van der Waals surface area contributed by atoms with E-state index >= 15 is 0 Å². The SMILES string of the molecule is CS(=O)(=O)N1CCC[C@@H](Nc2ccc([N+](=O)[O-])cc2F)C1. The highest BCUT2D eigenvalue weighted by atomic mass is 32.2. The maximum absolute atomic E-state index is 13.8. The summed E-state index contributed by atoms with van der Waals surface area (Å²) in [6, 6.07) is 3.14.